The van der Waals surface area contributed by atoms with Gasteiger partial charge in [0.1, 0.15) is 5.82 Å². The van der Waals surface area contributed by atoms with Gasteiger partial charge in [-0.15, -0.1) is 0 Å². The molecule has 0 aliphatic heterocycles. The summed E-state index contributed by atoms with van der Waals surface area (Å²) in [6.45, 7) is 1.87. The molecule has 1 N–H and O–H groups in total. The van der Waals surface area contributed by atoms with Crippen LogP contribution in [0.15, 0.2) is 48.5 Å². The average Bonchev–Trinajstić information content (AvgIpc) is 2.40. The van der Waals surface area contributed by atoms with E-state index in [9.17, 15) is 9.18 Å². The van der Waals surface area contributed by atoms with Gasteiger partial charge in [-0.2, -0.15) is 0 Å². The van der Waals surface area contributed by atoms with Gasteiger partial charge in [0.15, 0.2) is 0 Å². The van der Waals surface area contributed by atoms with Gasteiger partial charge in [-0.25, -0.2) is 4.39 Å². The van der Waals surface area contributed by atoms with Crippen LogP contribution in [0.2, 0.25) is 0 Å². The molecule has 0 aromatic heterocycles. The maximum absolute atomic E-state index is 12.8. The summed E-state index contributed by atoms with van der Waals surface area (Å²) in [5.41, 5.74) is 1.50. The number of hydrogen-bond acceptors (Lipinski definition) is 1. The Labute approximate surface area is 125 Å². The molecule has 0 bridgehead atoms. The summed E-state index contributed by atoms with van der Waals surface area (Å²) < 4.78 is 13.9. The third kappa shape index (κ3) is 3.76. The first-order valence-corrected chi connectivity index (χ1v) is 6.96. The van der Waals surface area contributed by atoms with Gasteiger partial charge in [0.2, 0.25) is 0 Å². The van der Waals surface area contributed by atoms with E-state index in [1.807, 2.05) is 19.1 Å². The molecule has 2 aromatic rings. The second kappa shape index (κ2) is 6.14. The zero-order valence-electron chi connectivity index (χ0n) is 10.4. The predicted molar refractivity (Wildman–Crippen MR) is 81.4 cm³/mol. The van der Waals surface area contributed by atoms with E-state index in [0.29, 0.717) is 5.56 Å². The summed E-state index contributed by atoms with van der Waals surface area (Å²) in [6, 6.07) is 13.3. The highest BCUT2D eigenvalue weighted by Crippen LogP contribution is 2.14. The Hall–Kier alpha value is -1.43. The monoisotopic (exact) mass is 369 g/mol. The first kappa shape index (κ1) is 14.0. The van der Waals surface area contributed by atoms with E-state index in [1.165, 1.54) is 12.1 Å². The Balaban J connectivity index is 2.06. The van der Waals surface area contributed by atoms with E-state index in [4.69, 9.17) is 0 Å². The van der Waals surface area contributed by atoms with Gasteiger partial charge in [0, 0.05) is 9.13 Å². The Bertz CT molecular complexity index is 566. The van der Waals surface area contributed by atoms with Crippen LogP contribution in [0, 0.1) is 9.39 Å². The SMILES string of the molecule is C[C@H](NC(=O)c1ccc(I)cc1)c1ccc(F)cc1. The second-order valence-electron chi connectivity index (χ2n) is 4.25. The minimum atomic E-state index is -0.278. The summed E-state index contributed by atoms with van der Waals surface area (Å²) in [4.78, 5) is 12.0. The molecule has 0 radical (unpaired) electrons. The maximum atomic E-state index is 12.8. The third-order valence-corrected chi connectivity index (χ3v) is 3.54. The van der Waals surface area contributed by atoms with E-state index in [2.05, 4.69) is 27.9 Å². The lowest BCUT2D eigenvalue weighted by Gasteiger charge is -2.14. The number of benzene rings is 2. The molecule has 0 saturated carbocycles. The number of amides is 1. The Kier molecular flexibility index (Phi) is 4.52. The molecule has 1 atom stereocenters. The van der Waals surface area contributed by atoms with Crippen molar-refractivity contribution in [2.75, 3.05) is 0 Å². The largest absolute Gasteiger partial charge is 0.346 e. The van der Waals surface area contributed by atoms with Gasteiger partial charge in [0.05, 0.1) is 6.04 Å². The lowest BCUT2D eigenvalue weighted by atomic mass is 10.1. The number of carbonyl (C=O) groups excluding carboxylic acids is 1. The molecule has 2 nitrogen and oxygen atoms in total. The molecule has 19 heavy (non-hydrogen) atoms. The lowest BCUT2D eigenvalue weighted by Crippen LogP contribution is -2.26. The molecule has 0 unspecified atom stereocenters. The first-order valence-electron chi connectivity index (χ1n) is 5.88. The van der Waals surface area contributed by atoms with Crippen LogP contribution in [0.25, 0.3) is 0 Å². The number of carbonyl (C=O) groups is 1. The topological polar surface area (TPSA) is 29.1 Å². The smallest absolute Gasteiger partial charge is 0.251 e. The maximum Gasteiger partial charge on any atom is 0.251 e. The molecule has 2 aromatic carbocycles. The van der Waals surface area contributed by atoms with E-state index in [-0.39, 0.29) is 17.8 Å². The molecular formula is C15H13FINO. The van der Waals surface area contributed by atoms with Crippen molar-refractivity contribution >= 4 is 28.5 Å². The fourth-order valence-electron chi connectivity index (χ4n) is 1.72. The molecule has 0 aliphatic rings. The summed E-state index contributed by atoms with van der Waals surface area (Å²) in [5, 5.41) is 2.89. The van der Waals surface area contributed by atoms with Crippen molar-refractivity contribution in [2.24, 2.45) is 0 Å². The summed E-state index contributed by atoms with van der Waals surface area (Å²) in [6.07, 6.45) is 0. The molecule has 0 heterocycles. The quantitative estimate of drug-likeness (QED) is 0.817. The molecular weight excluding hydrogens is 356 g/mol. The predicted octanol–water partition coefficient (Wildman–Crippen LogP) is 3.92. The van der Waals surface area contributed by atoms with Crippen molar-refractivity contribution in [3.63, 3.8) is 0 Å². The molecule has 1 amide bonds. The Morgan fingerprint density at radius 2 is 1.68 bits per heavy atom. The first-order chi connectivity index (χ1) is 9.06. The van der Waals surface area contributed by atoms with Crippen LogP contribution in [0.3, 0.4) is 0 Å². The van der Waals surface area contributed by atoms with Crippen LogP contribution in [-0.2, 0) is 0 Å². The minimum absolute atomic E-state index is 0.131. The van der Waals surface area contributed by atoms with Gasteiger partial charge in [0.25, 0.3) is 5.91 Å². The third-order valence-electron chi connectivity index (χ3n) is 2.82. The fraction of sp³-hybridized carbons (Fsp3) is 0.133. The number of halogens is 2. The second-order valence-corrected chi connectivity index (χ2v) is 5.50. The van der Waals surface area contributed by atoms with Crippen molar-refractivity contribution in [3.05, 3.63) is 69.0 Å². The van der Waals surface area contributed by atoms with Crippen molar-refractivity contribution < 1.29 is 9.18 Å². The summed E-state index contributed by atoms with van der Waals surface area (Å²) in [5.74, 6) is -0.409. The van der Waals surface area contributed by atoms with E-state index < -0.39 is 0 Å². The highest BCUT2D eigenvalue weighted by atomic mass is 127. The van der Waals surface area contributed by atoms with Crippen LogP contribution in [0.5, 0.6) is 0 Å². The van der Waals surface area contributed by atoms with Gasteiger partial charge in [-0.3, -0.25) is 4.79 Å². The van der Waals surface area contributed by atoms with E-state index in [1.54, 1.807) is 24.3 Å². The van der Waals surface area contributed by atoms with Crippen LogP contribution in [0.4, 0.5) is 4.39 Å². The van der Waals surface area contributed by atoms with Gasteiger partial charge < -0.3 is 5.32 Å². The highest BCUT2D eigenvalue weighted by Gasteiger charge is 2.11. The van der Waals surface area contributed by atoms with Crippen LogP contribution in [-0.4, -0.2) is 5.91 Å². The molecule has 4 heteroatoms. The Morgan fingerprint density at radius 1 is 1.11 bits per heavy atom. The molecule has 98 valence electrons. The average molecular weight is 369 g/mol. The molecule has 2 rings (SSSR count). The molecule has 0 saturated heterocycles. The van der Waals surface area contributed by atoms with Crippen molar-refractivity contribution in [1.29, 1.82) is 0 Å². The van der Waals surface area contributed by atoms with Gasteiger partial charge in [-0.05, 0) is 71.5 Å². The molecule has 0 aliphatic carbocycles. The van der Waals surface area contributed by atoms with Crippen molar-refractivity contribution in [3.8, 4) is 0 Å². The Morgan fingerprint density at radius 3 is 2.26 bits per heavy atom. The molecule has 0 fully saturated rings. The number of nitrogens with one attached hydrogen (secondary N) is 1. The zero-order valence-corrected chi connectivity index (χ0v) is 12.5. The normalized spacial score (nSPS) is 11.9. The van der Waals surface area contributed by atoms with E-state index >= 15 is 0 Å². The van der Waals surface area contributed by atoms with Crippen LogP contribution in [0.1, 0.15) is 28.9 Å². The van der Waals surface area contributed by atoms with Crippen molar-refractivity contribution in [1.82, 2.24) is 5.32 Å². The van der Waals surface area contributed by atoms with Crippen LogP contribution < -0.4 is 5.32 Å². The van der Waals surface area contributed by atoms with Gasteiger partial charge in [-0.1, -0.05) is 12.1 Å². The van der Waals surface area contributed by atoms with Crippen LogP contribution >= 0.6 is 22.6 Å². The minimum Gasteiger partial charge on any atom is -0.346 e. The lowest BCUT2D eigenvalue weighted by molar-refractivity contribution is 0.0940. The number of hydrogen-bond donors (Lipinski definition) is 1. The summed E-state index contributed by atoms with van der Waals surface area (Å²) in [7, 11) is 0. The van der Waals surface area contributed by atoms with E-state index in [0.717, 1.165) is 9.13 Å². The summed E-state index contributed by atoms with van der Waals surface area (Å²) >= 11 is 2.19. The van der Waals surface area contributed by atoms with Crippen molar-refractivity contribution in [2.45, 2.75) is 13.0 Å². The zero-order chi connectivity index (χ0) is 13.8. The highest BCUT2D eigenvalue weighted by molar-refractivity contribution is 14.1. The van der Waals surface area contributed by atoms with Gasteiger partial charge >= 0.3 is 0 Å². The number of rotatable bonds is 3. The fourth-order valence-corrected chi connectivity index (χ4v) is 2.08. The molecule has 0 spiro atoms. The standard InChI is InChI=1S/C15H13FINO/c1-10(11-2-6-13(16)7-3-11)18-15(19)12-4-8-14(17)9-5-12/h2-10H,1H3,(H,18,19)/t10-/m0/s1.